The van der Waals surface area contributed by atoms with E-state index >= 15 is 0 Å². The molecular weight excluding hydrogens is 356 g/mol. The van der Waals surface area contributed by atoms with Crippen LogP contribution in [0.1, 0.15) is 51.2 Å². The van der Waals surface area contributed by atoms with Gasteiger partial charge < -0.3 is 14.5 Å². The second-order valence-electron chi connectivity index (χ2n) is 9.52. The third-order valence-electron chi connectivity index (χ3n) is 6.59. The zero-order valence-corrected chi connectivity index (χ0v) is 19.0. The van der Waals surface area contributed by atoms with Gasteiger partial charge in [0.25, 0.3) is 0 Å². The minimum Gasteiger partial charge on any atom is -0.378 e. The van der Waals surface area contributed by atoms with Crippen LogP contribution in [-0.2, 0) is 16.7 Å². The summed E-state index contributed by atoms with van der Waals surface area (Å²) in [7, 11) is 4.19. The Morgan fingerprint density at radius 2 is 1.69 bits per heavy atom. The van der Waals surface area contributed by atoms with Crippen LogP contribution in [0.15, 0.2) is 54.6 Å². The maximum atomic E-state index is 6.09. The predicted octanol–water partition coefficient (Wildman–Crippen LogP) is 4.07. The van der Waals surface area contributed by atoms with Crippen molar-refractivity contribution in [2.24, 2.45) is 0 Å². The highest BCUT2D eigenvalue weighted by Crippen LogP contribution is 2.43. The van der Waals surface area contributed by atoms with Gasteiger partial charge >= 0.3 is 0 Å². The van der Waals surface area contributed by atoms with Crippen LogP contribution in [0, 0.1) is 0 Å². The van der Waals surface area contributed by atoms with Crippen molar-refractivity contribution in [3.8, 4) is 0 Å². The van der Waals surface area contributed by atoms with Crippen molar-refractivity contribution in [2.45, 2.75) is 57.6 Å². The Hall–Kier alpha value is -1.84. The van der Waals surface area contributed by atoms with Crippen molar-refractivity contribution in [1.82, 2.24) is 0 Å². The van der Waals surface area contributed by atoms with Crippen LogP contribution in [0.25, 0.3) is 0 Å². The zero-order valence-electron chi connectivity index (χ0n) is 19.0. The Labute approximate surface area is 177 Å². The van der Waals surface area contributed by atoms with E-state index in [9.17, 15) is 0 Å². The lowest BCUT2D eigenvalue weighted by Gasteiger charge is -2.45. The van der Waals surface area contributed by atoms with Crippen LogP contribution in [0.3, 0.4) is 0 Å². The van der Waals surface area contributed by atoms with Gasteiger partial charge in [0.15, 0.2) is 0 Å². The van der Waals surface area contributed by atoms with Gasteiger partial charge in [0, 0.05) is 43.8 Å². The first kappa shape index (κ1) is 21.9. The molecule has 29 heavy (non-hydrogen) atoms. The minimum atomic E-state index is -0.0531. The first-order valence-corrected chi connectivity index (χ1v) is 11.1. The molecule has 2 aromatic carbocycles. The van der Waals surface area contributed by atoms with Gasteiger partial charge in [-0.15, -0.1) is 0 Å². The Kier molecular flexibility index (Phi) is 7.02. The standard InChI is InChI=1S/C26H38N2O/c1-6-28(20-22-12-14-24(15-13-22)27(4)5)18-16-26(23-10-8-7-9-11-23)17-19-29-25(2,3)21-26/h7-15H,6,16-21H2,1-5H3/p+1/t26-/m1/s1. The van der Waals surface area contributed by atoms with Crippen LogP contribution in [-0.4, -0.2) is 39.4 Å². The molecule has 0 radical (unpaired) electrons. The smallest absolute Gasteiger partial charge is 0.103 e. The highest BCUT2D eigenvalue weighted by molar-refractivity contribution is 5.45. The van der Waals surface area contributed by atoms with Gasteiger partial charge in [-0.25, -0.2) is 0 Å². The summed E-state index contributed by atoms with van der Waals surface area (Å²) >= 11 is 0. The summed E-state index contributed by atoms with van der Waals surface area (Å²) in [5.74, 6) is 0. The number of rotatable bonds is 8. The minimum absolute atomic E-state index is 0.0531. The Bertz CT molecular complexity index is 754. The monoisotopic (exact) mass is 395 g/mol. The average molecular weight is 396 g/mol. The molecule has 3 nitrogen and oxygen atoms in total. The molecule has 1 heterocycles. The SMILES string of the molecule is CC[NH+](CC[C@@]1(c2ccccc2)CCOC(C)(C)C1)Cc1ccc(N(C)C)cc1. The number of nitrogens with zero attached hydrogens (tertiary/aromatic N) is 1. The van der Waals surface area contributed by atoms with Crippen molar-refractivity contribution >= 4 is 5.69 Å². The van der Waals surface area contributed by atoms with E-state index in [1.807, 2.05) is 0 Å². The number of hydrogen-bond donors (Lipinski definition) is 1. The molecule has 3 rings (SSSR count). The summed E-state index contributed by atoms with van der Waals surface area (Å²) in [5, 5.41) is 0. The highest BCUT2D eigenvalue weighted by atomic mass is 16.5. The second-order valence-corrected chi connectivity index (χ2v) is 9.52. The first-order valence-electron chi connectivity index (χ1n) is 11.1. The quantitative estimate of drug-likeness (QED) is 0.725. The Morgan fingerprint density at radius 1 is 1.00 bits per heavy atom. The van der Waals surface area contributed by atoms with Gasteiger partial charge in [0.2, 0.25) is 0 Å². The topological polar surface area (TPSA) is 16.9 Å². The lowest BCUT2D eigenvalue weighted by Crippen LogP contribution is -3.10. The van der Waals surface area contributed by atoms with Crippen LogP contribution in [0.5, 0.6) is 0 Å². The molecule has 0 amide bonds. The van der Waals surface area contributed by atoms with Crippen molar-refractivity contribution in [2.75, 3.05) is 38.7 Å². The summed E-state index contributed by atoms with van der Waals surface area (Å²) in [6.07, 6.45) is 3.43. The number of quaternary nitrogens is 1. The summed E-state index contributed by atoms with van der Waals surface area (Å²) < 4.78 is 6.09. The van der Waals surface area contributed by atoms with Crippen molar-refractivity contribution in [3.05, 3.63) is 65.7 Å². The number of hydrogen-bond acceptors (Lipinski definition) is 2. The van der Waals surface area contributed by atoms with Crippen molar-refractivity contribution in [1.29, 1.82) is 0 Å². The molecule has 158 valence electrons. The third-order valence-corrected chi connectivity index (χ3v) is 6.59. The maximum absolute atomic E-state index is 6.09. The summed E-state index contributed by atoms with van der Waals surface area (Å²) in [4.78, 5) is 3.81. The number of benzene rings is 2. The first-order chi connectivity index (χ1) is 13.8. The highest BCUT2D eigenvalue weighted by Gasteiger charge is 2.42. The molecule has 1 aliphatic heterocycles. The van der Waals surface area contributed by atoms with Gasteiger partial charge in [0.05, 0.1) is 18.7 Å². The largest absolute Gasteiger partial charge is 0.378 e. The Balaban J connectivity index is 1.72. The normalized spacial score (nSPS) is 22.2. The van der Waals surface area contributed by atoms with Crippen LogP contribution in [0.2, 0.25) is 0 Å². The summed E-state index contributed by atoms with van der Waals surface area (Å²) in [5.41, 5.74) is 4.34. The molecule has 2 aromatic rings. The van der Waals surface area contributed by atoms with E-state index in [1.165, 1.54) is 29.8 Å². The van der Waals surface area contributed by atoms with Gasteiger partial charge in [-0.2, -0.15) is 0 Å². The fourth-order valence-electron chi connectivity index (χ4n) is 4.88. The third kappa shape index (κ3) is 5.61. The number of nitrogens with one attached hydrogen (secondary N) is 1. The van der Waals surface area contributed by atoms with E-state index in [0.717, 1.165) is 32.5 Å². The lowest BCUT2D eigenvalue weighted by atomic mass is 9.67. The molecule has 1 fully saturated rings. The maximum Gasteiger partial charge on any atom is 0.103 e. The summed E-state index contributed by atoms with van der Waals surface area (Å²) in [6.45, 7) is 11.1. The van der Waals surface area contributed by atoms with E-state index in [4.69, 9.17) is 4.74 Å². The van der Waals surface area contributed by atoms with E-state index in [2.05, 4.69) is 94.4 Å². The molecule has 1 saturated heterocycles. The molecule has 1 N–H and O–H groups in total. The predicted molar refractivity (Wildman–Crippen MR) is 123 cm³/mol. The lowest BCUT2D eigenvalue weighted by molar-refractivity contribution is -0.912. The molecular formula is C26H39N2O+. The Morgan fingerprint density at radius 3 is 2.28 bits per heavy atom. The van der Waals surface area contributed by atoms with Crippen LogP contribution in [0.4, 0.5) is 5.69 Å². The van der Waals surface area contributed by atoms with Crippen LogP contribution >= 0.6 is 0 Å². The molecule has 3 heteroatoms. The molecule has 0 aliphatic carbocycles. The zero-order chi connectivity index (χ0) is 20.9. The van der Waals surface area contributed by atoms with Crippen LogP contribution < -0.4 is 9.80 Å². The molecule has 0 saturated carbocycles. The fraction of sp³-hybridized carbons (Fsp3) is 0.538. The van der Waals surface area contributed by atoms with Crippen molar-refractivity contribution < 1.29 is 9.64 Å². The summed E-state index contributed by atoms with van der Waals surface area (Å²) in [6, 6.07) is 20.2. The molecule has 0 spiro atoms. The molecule has 0 bridgehead atoms. The van der Waals surface area contributed by atoms with Gasteiger partial charge in [-0.1, -0.05) is 42.5 Å². The molecule has 1 unspecified atom stereocenters. The van der Waals surface area contributed by atoms with Crippen molar-refractivity contribution in [3.63, 3.8) is 0 Å². The average Bonchev–Trinajstić information content (AvgIpc) is 2.71. The van der Waals surface area contributed by atoms with E-state index < -0.39 is 0 Å². The number of ether oxygens (including phenoxy) is 1. The molecule has 0 aromatic heterocycles. The van der Waals surface area contributed by atoms with Gasteiger partial charge in [0.1, 0.15) is 6.54 Å². The van der Waals surface area contributed by atoms with Gasteiger partial charge in [-0.3, -0.25) is 0 Å². The molecule has 1 aliphatic rings. The van der Waals surface area contributed by atoms with Gasteiger partial charge in [-0.05, 0) is 51.3 Å². The fourth-order valence-corrected chi connectivity index (χ4v) is 4.88. The molecule has 2 atom stereocenters. The van der Waals surface area contributed by atoms with E-state index in [-0.39, 0.29) is 11.0 Å². The van der Waals surface area contributed by atoms with E-state index in [1.54, 1.807) is 4.90 Å². The number of anilines is 1. The second kappa shape index (κ2) is 9.32. The van der Waals surface area contributed by atoms with E-state index in [0.29, 0.717) is 0 Å².